The van der Waals surface area contributed by atoms with Gasteiger partial charge in [-0.25, -0.2) is 0 Å². The summed E-state index contributed by atoms with van der Waals surface area (Å²) < 4.78 is 18.1. The lowest BCUT2D eigenvalue weighted by molar-refractivity contribution is 0.389. The van der Waals surface area contributed by atoms with Gasteiger partial charge in [-0.05, 0) is 37.3 Å². The first-order valence-electron chi connectivity index (χ1n) is 8.85. The third-order valence-electron chi connectivity index (χ3n) is 4.25. The molecule has 0 spiro atoms. The predicted octanol–water partition coefficient (Wildman–Crippen LogP) is 3.94. The molecule has 4 rings (SSSR count). The molecule has 148 valence electrons. The number of methoxy groups -OCH3 is 2. The highest BCUT2D eigenvalue weighted by Gasteiger charge is 2.17. The molecule has 0 bridgehead atoms. The van der Waals surface area contributed by atoms with Gasteiger partial charge in [-0.1, -0.05) is 35.1 Å². The smallest absolute Gasteiger partial charge is 0.237 e. The standard InChI is InChI=1S/C20H19N5O3S/c1-13-22-23-20(25(13)14-7-5-4-6-8-14)29-12-18-21-19(24-28-18)16-11-15(26-2)9-10-17(16)27-3/h4-11H,12H2,1-3H3. The molecule has 0 saturated heterocycles. The zero-order chi connectivity index (χ0) is 20.2. The van der Waals surface area contributed by atoms with Crippen LogP contribution in [0.15, 0.2) is 58.2 Å². The van der Waals surface area contributed by atoms with E-state index in [1.54, 1.807) is 14.2 Å². The largest absolute Gasteiger partial charge is 0.497 e. The van der Waals surface area contributed by atoms with E-state index in [1.165, 1.54) is 11.8 Å². The molecule has 0 amide bonds. The first-order chi connectivity index (χ1) is 14.2. The van der Waals surface area contributed by atoms with E-state index in [1.807, 2.05) is 60.0 Å². The fourth-order valence-corrected chi connectivity index (χ4v) is 3.68. The van der Waals surface area contributed by atoms with Crippen LogP contribution in [-0.4, -0.2) is 39.1 Å². The molecule has 0 aliphatic carbocycles. The van der Waals surface area contributed by atoms with Crippen molar-refractivity contribution in [3.05, 3.63) is 60.2 Å². The number of ether oxygens (including phenoxy) is 2. The molecule has 0 aliphatic rings. The van der Waals surface area contributed by atoms with Crippen LogP contribution < -0.4 is 9.47 Å². The molecule has 29 heavy (non-hydrogen) atoms. The summed E-state index contributed by atoms with van der Waals surface area (Å²) >= 11 is 1.48. The van der Waals surface area contributed by atoms with Crippen molar-refractivity contribution in [1.82, 2.24) is 24.9 Å². The summed E-state index contributed by atoms with van der Waals surface area (Å²) in [7, 11) is 3.20. The molecular weight excluding hydrogens is 390 g/mol. The maximum atomic E-state index is 5.43. The number of nitrogens with zero attached hydrogens (tertiary/aromatic N) is 5. The Kier molecular flexibility index (Phi) is 5.48. The number of aryl methyl sites for hydroxylation is 1. The highest BCUT2D eigenvalue weighted by atomic mass is 32.2. The quantitative estimate of drug-likeness (QED) is 0.424. The van der Waals surface area contributed by atoms with Crippen molar-refractivity contribution in [3.8, 4) is 28.6 Å². The Bertz CT molecular complexity index is 1110. The van der Waals surface area contributed by atoms with Crippen LogP contribution in [0.25, 0.3) is 17.1 Å². The third kappa shape index (κ3) is 3.95. The second kappa shape index (κ2) is 8.36. The van der Waals surface area contributed by atoms with Crippen molar-refractivity contribution in [2.45, 2.75) is 17.8 Å². The number of thioether (sulfide) groups is 1. The molecule has 2 aromatic carbocycles. The summed E-state index contributed by atoms with van der Waals surface area (Å²) in [6, 6.07) is 15.4. The van der Waals surface area contributed by atoms with E-state index < -0.39 is 0 Å². The summed E-state index contributed by atoms with van der Waals surface area (Å²) in [6.07, 6.45) is 0. The third-order valence-corrected chi connectivity index (χ3v) is 5.16. The normalized spacial score (nSPS) is 10.9. The molecule has 4 aromatic rings. The lowest BCUT2D eigenvalue weighted by Crippen LogP contribution is -1.99. The summed E-state index contributed by atoms with van der Waals surface area (Å²) in [5, 5.41) is 13.3. The summed E-state index contributed by atoms with van der Waals surface area (Å²) in [5.41, 5.74) is 1.71. The number of rotatable bonds is 7. The van der Waals surface area contributed by atoms with Gasteiger partial charge in [0.2, 0.25) is 11.7 Å². The Labute approximate surface area is 171 Å². The summed E-state index contributed by atoms with van der Waals surface area (Å²) in [5.74, 6) is 3.53. The van der Waals surface area contributed by atoms with E-state index in [9.17, 15) is 0 Å². The molecule has 0 radical (unpaired) electrons. The summed E-state index contributed by atoms with van der Waals surface area (Å²) in [6.45, 7) is 1.92. The van der Waals surface area contributed by atoms with Crippen LogP contribution in [0, 0.1) is 6.92 Å². The number of benzene rings is 2. The molecule has 2 heterocycles. The van der Waals surface area contributed by atoms with Crippen LogP contribution in [0.4, 0.5) is 0 Å². The minimum Gasteiger partial charge on any atom is -0.497 e. The topological polar surface area (TPSA) is 88.1 Å². The van der Waals surface area contributed by atoms with Gasteiger partial charge in [0.1, 0.15) is 17.3 Å². The minimum absolute atomic E-state index is 0.442. The van der Waals surface area contributed by atoms with E-state index in [0.29, 0.717) is 34.5 Å². The van der Waals surface area contributed by atoms with Gasteiger partial charge in [-0.2, -0.15) is 4.98 Å². The Morgan fingerprint density at radius 1 is 1.03 bits per heavy atom. The van der Waals surface area contributed by atoms with Gasteiger partial charge in [0.25, 0.3) is 0 Å². The van der Waals surface area contributed by atoms with Gasteiger partial charge in [-0.15, -0.1) is 10.2 Å². The van der Waals surface area contributed by atoms with Crippen molar-refractivity contribution in [2.24, 2.45) is 0 Å². The van der Waals surface area contributed by atoms with Crippen LogP contribution in [-0.2, 0) is 5.75 Å². The van der Waals surface area contributed by atoms with Crippen LogP contribution >= 0.6 is 11.8 Å². The Morgan fingerprint density at radius 2 is 1.86 bits per heavy atom. The maximum absolute atomic E-state index is 5.43. The predicted molar refractivity (Wildman–Crippen MR) is 108 cm³/mol. The van der Waals surface area contributed by atoms with Crippen molar-refractivity contribution in [1.29, 1.82) is 0 Å². The molecule has 9 heteroatoms. The molecule has 0 fully saturated rings. The van der Waals surface area contributed by atoms with Crippen molar-refractivity contribution >= 4 is 11.8 Å². The van der Waals surface area contributed by atoms with Crippen LogP contribution in [0.3, 0.4) is 0 Å². The van der Waals surface area contributed by atoms with Gasteiger partial charge in [0.05, 0.1) is 25.5 Å². The van der Waals surface area contributed by atoms with E-state index in [2.05, 4.69) is 20.3 Å². The minimum atomic E-state index is 0.442. The second-order valence-electron chi connectivity index (χ2n) is 6.07. The van der Waals surface area contributed by atoms with Crippen LogP contribution in [0.1, 0.15) is 11.7 Å². The zero-order valence-corrected chi connectivity index (χ0v) is 17.0. The fourth-order valence-electron chi connectivity index (χ4n) is 2.85. The van der Waals surface area contributed by atoms with Crippen molar-refractivity contribution in [3.63, 3.8) is 0 Å². The average Bonchev–Trinajstić information content (AvgIpc) is 3.38. The van der Waals surface area contributed by atoms with Gasteiger partial charge >= 0.3 is 0 Å². The van der Waals surface area contributed by atoms with E-state index in [4.69, 9.17) is 14.0 Å². The van der Waals surface area contributed by atoms with E-state index in [0.717, 1.165) is 16.7 Å². The Hall–Kier alpha value is -3.33. The van der Waals surface area contributed by atoms with Crippen molar-refractivity contribution < 1.29 is 14.0 Å². The SMILES string of the molecule is COc1ccc(OC)c(-c2noc(CSc3nnc(C)n3-c3ccccc3)n2)c1. The highest BCUT2D eigenvalue weighted by molar-refractivity contribution is 7.98. The molecule has 0 saturated carbocycles. The lowest BCUT2D eigenvalue weighted by Gasteiger charge is -2.07. The second-order valence-corrected chi connectivity index (χ2v) is 7.01. The Morgan fingerprint density at radius 3 is 2.62 bits per heavy atom. The molecule has 0 atom stereocenters. The highest BCUT2D eigenvalue weighted by Crippen LogP contribution is 2.32. The van der Waals surface area contributed by atoms with E-state index >= 15 is 0 Å². The van der Waals surface area contributed by atoms with E-state index in [-0.39, 0.29) is 0 Å². The first kappa shape index (κ1) is 19.0. The summed E-state index contributed by atoms with van der Waals surface area (Å²) in [4.78, 5) is 4.50. The number of para-hydroxylation sites is 1. The lowest BCUT2D eigenvalue weighted by atomic mass is 10.2. The van der Waals surface area contributed by atoms with Crippen molar-refractivity contribution in [2.75, 3.05) is 14.2 Å². The number of aromatic nitrogens is 5. The number of hydrogen-bond donors (Lipinski definition) is 0. The average molecular weight is 409 g/mol. The monoisotopic (exact) mass is 409 g/mol. The number of hydrogen-bond acceptors (Lipinski definition) is 8. The van der Waals surface area contributed by atoms with Gasteiger partial charge in [0.15, 0.2) is 5.16 Å². The van der Waals surface area contributed by atoms with Gasteiger partial charge in [0, 0.05) is 5.69 Å². The molecular formula is C20H19N5O3S. The van der Waals surface area contributed by atoms with Gasteiger partial charge < -0.3 is 14.0 Å². The molecule has 2 aromatic heterocycles. The zero-order valence-electron chi connectivity index (χ0n) is 16.2. The molecule has 8 nitrogen and oxygen atoms in total. The van der Waals surface area contributed by atoms with Crippen LogP contribution in [0.5, 0.6) is 11.5 Å². The Balaban J connectivity index is 1.55. The maximum Gasteiger partial charge on any atom is 0.237 e. The molecule has 0 aliphatic heterocycles. The first-order valence-corrected chi connectivity index (χ1v) is 9.83. The van der Waals surface area contributed by atoms with Crippen LogP contribution in [0.2, 0.25) is 0 Å². The molecule has 0 unspecified atom stereocenters. The fraction of sp³-hybridized carbons (Fsp3) is 0.200. The molecule has 0 N–H and O–H groups in total. The van der Waals surface area contributed by atoms with Gasteiger partial charge in [-0.3, -0.25) is 4.57 Å².